The number of methoxy groups -OCH3 is 1. The molecule has 110 valence electrons. The molecule has 4 N–H and O–H groups in total. The molecule has 0 aliphatic carbocycles. The highest BCUT2D eigenvalue weighted by molar-refractivity contribution is 8.00. The number of nitrogens with one attached hydrogen (secondary N) is 2. The minimum Gasteiger partial charge on any atom is -0.484 e. The van der Waals surface area contributed by atoms with Gasteiger partial charge in [0.1, 0.15) is 11.5 Å². The number of hydrogen-bond donors (Lipinski definition) is 4. The summed E-state index contributed by atoms with van der Waals surface area (Å²) in [4.78, 5) is 11.1. The molecule has 0 aromatic rings. The lowest BCUT2D eigenvalue weighted by Gasteiger charge is -2.38. The Labute approximate surface area is 116 Å². The number of aliphatic hydroxyl groups excluding tert-OH is 2. The zero-order valence-corrected chi connectivity index (χ0v) is 11.8. The Morgan fingerprint density at radius 3 is 2.84 bits per heavy atom. The monoisotopic (exact) mass is 292 g/mol. The molecule has 1 rings (SSSR count). The van der Waals surface area contributed by atoms with Crippen LogP contribution in [0, 0.1) is 5.41 Å². The fourth-order valence-corrected chi connectivity index (χ4v) is 2.87. The Bertz CT molecular complexity index is 328. The molecule has 0 radical (unpaired) electrons. The van der Waals surface area contributed by atoms with Gasteiger partial charge < -0.3 is 25.0 Å². The van der Waals surface area contributed by atoms with Gasteiger partial charge in [0.2, 0.25) is 5.91 Å². The fraction of sp³-hybridized carbons (Fsp3) is 0.818. The molecule has 1 amide bonds. The second-order valence-electron chi connectivity index (χ2n) is 4.27. The van der Waals surface area contributed by atoms with Crippen LogP contribution in [0.1, 0.15) is 13.3 Å². The van der Waals surface area contributed by atoms with Crippen molar-refractivity contribution in [3.63, 3.8) is 0 Å². The zero-order valence-electron chi connectivity index (χ0n) is 11.0. The number of ether oxygens (including phenoxy) is 2. The van der Waals surface area contributed by atoms with E-state index in [0.29, 0.717) is 12.2 Å². The summed E-state index contributed by atoms with van der Waals surface area (Å²) in [7, 11) is 1.41. The van der Waals surface area contributed by atoms with Crippen molar-refractivity contribution in [1.82, 2.24) is 5.32 Å². The molecule has 19 heavy (non-hydrogen) atoms. The van der Waals surface area contributed by atoms with Crippen molar-refractivity contribution in [3.8, 4) is 0 Å². The summed E-state index contributed by atoms with van der Waals surface area (Å²) < 4.78 is 10.3. The predicted octanol–water partition coefficient (Wildman–Crippen LogP) is -0.684. The van der Waals surface area contributed by atoms with E-state index < -0.39 is 17.6 Å². The van der Waals surface area contributed by atoms with Gasteiger partial charge in [-0.3, -0.25) is 10.2 Å². The van der Waals surface area contributed by atoms with Gasteiger partial charge in [-0.1, -0.05) is 0 Å². The van der Waals surface area contributed by atoms with Crippen molar-refractivity contribution in [2.24, 2.45) is 0 Å². The maximum atomic E-state index is 11.1. The quantitative estimate of drug-likeness (QED) is 0.394. The van der Waals surface area contributed by atoms with Crippen LogP contribution in [-0.2, 0) is 14.3 Å². The Kier molecular flexibility index (Phi) is 6.56. The standard InChI is InChI=1S/C11H20N2O5S/c1-6(15)13-7-3-8(16)9(4-14)18-11(7)19-5-10(12)17-2/h7-9,11-12,14,16H,3-5H2,1-2H3,(H,13,15). The van der Waals surface area contributed by atoms with Crippen LogP contribution in [-0.4, -0.2) is 65.2 Å². The maximum Gasteiger partial charge on any atom is 0.217 e. The molecule has 4 unspecified atom stereocenters. The third-order valence-corrected chi connectivity index (χ3v) is 3.95. The molecule has 1 saturated heterocycles. The molecular weight excluding hydrogens is 272 g/mol. The van der Waals surface area contributed by atoms with Crippen LogP contribution in [0.3, 0.4) is 0 Å². The molecular formula is C11H20N2O5S. The lowest BCUT2D eigenvalue weighted by Crippen LogP contribution is -2.54. The predicted molar refractivity (Wildman–Crippen MR) is 71.2 cm³/mol. The SMILES string of the molecule is COC(=N)CSC1OC(CO)C(O)CC1NC(C)=O. The van der Waals surface area contributed by atoms with Crippen LogP contribution < -0.4 is 5.32 Å². The molecule has 4 atom stereocenters. The summed E-state index contributed by atoms with van der Waals surface area (Å²) >= 11 is 1.29. The highest BCUT2D eigenvalue weighted by Crippen LogP contribution is 2.28. The van der Waals surface area contributed by atoms with E-state index in [2.05, 4.69) is 5.32 Å². The van der Waals surface area contributed by atoms with Gasteiger partial charge in [-0.25, -0.2) is 0 Å². The van der Waals surface area contributed by atoms with E-state index in [1.165, 1.54) is 25.8 Å². The first kappa shape index (κ1) is 16.2. The van der Waals surface area contributed by atoms with Gasteiger partial charge in [-0.2, -0.15) is 0 Å². The molecule has 0 aromatic heterocycles. The largest absolute Gasteiger partial charge is 0.484 e. The average Bonchev–Trinajstić information content (AvgIpc) is 2.36. The van der Waals surface area contributed by atoms with E-state index in [0.717, 1.165) is 0 Å². The zero-order chi connectivity index (χ0) is 14.4. The molecule has 1 aliphatic heterocycles. The number of rotatable bonds is 5. The molecule has 1 heterocycles. The van der Waals surface area contributed by atoms with Crippen molar-refractivity contribution in [1.29, 1.82) is 5.41 Å². The second kappa shape index (κ2) is 7.68. The summed E-state index contributed by atoms with van der Waals surface area (Å²) in [6, 6.07) is -0.357. The Morgan fingerprint density at radius 2 is 2.32 bits per heavy atom. The van der Waals surface area contributed by atoms with Gasteiger partial charge in [-0.05, 0) is 6.42 Å². The van der Waals surface area contributed by atoms with E-state index >= 15 is 0 Å². The van der Waals surface area contributed by atoms with Crippen LogP contribution in [0.4, 0.5) is 0 Å². The van der Waals surface area contributed by atoms with E-state index in [1.807, 2.05) is 0 Å². The molecule has 7 nitrogen and oxygen atoms in total. The summed E-state index contributed by atoms with van der Waals surface area (Å²) in [6.07, 6.45) is -1.18. The van der Waals surface area contributed by atoms with Crippen molar-refractivity contribution >= 4 is 23.6 Å². The minimum atomic E-state index is -0.819. The Balaban J connectivity index is 2.63. The number of carbonyl (C=O) groups is 1. The van der Waals surface area contributed by atoms with Crippen LogP contribution >= 0.6 is 11.8 Å². The van der Waals surface area contributed by atoms with E-state index in [4.69, 9.17) is 20.0 Å². The number of carbonyl (C=O) groups excluding carboxylic acids is 1. The van der Waals surface area contributed by atoms with Crippen LogP contribution in [0.15, 0.2) is 0 Å². The lowest BCUT2D eigenvalue weighted by molar-refractivity contribution is -0.131. The van der Waals surface area contributed by atoms with Crippen molar-refractivity contribution < 1.29 is 24.5 Å². The normalized spacial score (nSPS) is 30.7. The third-order valence-electron chi connectivity index (χ3n) is 2.76. The van der Waals surface area contributed by atoms with Gasteiger partial charge in [-0.15, -0.1) is 11.8 Å². The molecule has 0 saturated carbocycles. The molecule has 1 aliphatic rings. The Morgan fingerprint density at radius 1 is 1.63 bits per heavy atom. The minimum absolute atomic E-state index is 0.0989. The molecule has 0 bridgehead atoms. The van der Waals surface area contributed by atoms with Crippen molar-refractivity contribution in [2.75, 3.05) is 19.5 Å². The molecule has 0 aromatic carbocycles. The lowest BCUT2D eigenvalue weighted by atomic mass is 10.0. The summed E-state index contributed by atoms with van der Waals surface area (Å²) in [5, 5.41) is 29.0. The topological polar surface area (TPSA) is 112 Å². The van der Waals surface area contributed by atoms with Crippen molar-refractivity contribution in [2.45, 2.75) is 37.0 Å². The van der Waals surface area contributed by atoms with E-state index in [1.54, 1.807) is 0 Å². The highest BCUT2D eigenvalue weighted by atomic mass is 32.2. The smallest absolute Gasteiger partial charge is 0.217 e. The van der Waals surface area contributed by atoms with Crippen LogP contribution in [0.2, 0.25) is 0 Å². The number of hydrogen-bond acceptors (Lipinski definition) is 7. The third kappa shape index (κ3) is 4.98. The Hall–Kier alpha value is -0.830. The number of aliphatic hydroxyl groups is 2. The number of thioether (sulfide) groups is 1. The summed E-state index contributed by atoms with van der Waals surface area (Å²) in [6.45, 7) is 1.11. The molecule has 8 heteroatoms. The fourth-order valence-electron chi connectivity index (χ4n) is 1.81. The first-order chi connectivity index (χ1) is 8.97. The molecule has 0 spiro atoms. The van der Waals surface area contributed by atoms with Gasteiger partial charge >= 0.3 is 0 Å². The van der Waals surface area contributed by atoms with Crippen LogP contribution in [0.5, 0.6) is 0 Å². The van der Waals surface area contributed by atoms with Gasteiger partial charge in [0.05, 0.1) is 31.6 Å². The van der Waals surface area contributed by atoms with Crippen molar-refractivity contribution in [3.05, 3.63) is 0 Å². The van der Waals surface area contributed by atoms with Gasteiger partial charge in [0, 0.05) is 6.92 Å². The highest BCUT2D eigenvalue weighted by Gasteiger charge is 2.37. The van der Waals surface area contributed by atoms with Gasteiger partial charge in [0.15, 0.2) is 5.90 Å². The summed E-state index contributed by atoms with van der Waals surface area (Å²) in [5.41, 5.74) is -0.431. The number of amides is 1. The first-order valence-corrected chi connectivity index (χ1v) is 6.97. The van der Waals surface area contributed by atoms with E-state index in [9.17, 15) is 9.90 Å². The second-order valence-corrected chi connectivity index (χ2v) is 5.36. The van der Waals surface area contributed by atoms with Crippen LogP contribution in [0.25, 0.3) is 0 Å². The average molecular weight is 292 g/mol. The first-order valence-electron chi connectivity index (χ1n) is 5.92. The van der Waals surface area contributed by atoms with Gasteiger partial charge in [0.25, 0.3) is 0 Å². The summed E-state index contributed by atoms with van der Waals surface area (Å²) in [5.74, 6) is 0.184. The van der Waals surface area contributed by atoms with E-state index in [-0.39, 0.29) is 24.5 Å². The maximum absolute atomic E-state index is 11.1. The molecule has 1 fully saturated rings.